The number of halogens is 1. The van der Waals surface area contributed by atoms with Gasteiger partial charge < -0.3 is 14.7 Å². The maximum absolute atomic E-state index is 13.1. The van der Waals surface area contributed by atoms with Crippen molar-refractivity contribution in [3.8, 4) is 17.0 Å². The predicted octanol–water partition coefficient (Wildman–Crippen LogP) is 2.47. The van der Waals surface area contributed by atoms with Crippen LogP contribution in [0.2, 0.25) is 0 Å². The Morgan fingerprint density at radius 1 is 1.43 bits per heavy atom. The fourth-order valence-electron chi connectivity index (χ4n) is 2.66. The Labute approximate surface area is 133 Å². The summed E-state index contributed by atoms with van der Waals surface area (Å²) in [5.41, 5.74) is 1.04. The van der Waals surface area contributed by atoms with Crippen molar-refractivity contribution in [1.29, 1.82) is 0 Å². The third-order valence-corrected chi connectivity index (χ3v) is 4.09. The topological polar surface area (TPSA) is 67.6 Å². The van der Waals surface area contributed by atoms with Gasteiger partial charge in [0.1, 0.15) is 6.33 Å². The van der Waals surface area contributed by atoms with Crippen LogP contribution in [0.4, 0.5) is 9.18 Å². The van der Waals surface area contributed by atoms with E-state index in [0.29, 0.717) is 24.5 Å². The van der Waals surface area contributed by atoms with Crippen LogP contribution < -0.4 is 0 Å². The number of aromatic nitrogens is 2. The van der Waals surface area contributed by atoms with Crippen molar-refractivity contribution in [2.45, 2.75) is 18.9 Å². The van der Waals surface area contributed by atoms with Crippen molar-refractivity contribution in [2.75, 3.05) is 20.3 Å². The van der Waals surface area contributed by atoms with Crippen LogP contribution in [0.5, 0.6) is 5.75 Å². The highest BCUT2D eigenvalue weighted by Crippen LogP contribution is 2.24. The van der Waals surface area contributed by atoms with Gasteiger partial charge in [0.15, 0.2) is 11.6 Å². The molecule has 0 unspecified atom stereocenters. The molecular weight excluding hydrogens is 301 g/mol. The minimum atomic E-state index is -0.691. The number of carbonyl (C=O) groups is 1. The van der Waals surface area contributed by atoms with Gasteiger partial charge >= 0.3 is 6.03 Å². The average Bonchev–Trinajstić information content (AvgIpc) is 3.07. The first-order chi connectivity index (χ1) is 11.1. The van der Waals surface area contributed by atoms with E-state index in [1.165, 1.54) is 29.1 Å². The Bertz CT molecular complexity index is 710. The van der Waals surface area contributed by atoms with E-state index in [2.05, 4.69) is 4.98 Å². The molecule has 2 heterocycles. The van der Waals surface area contributed by atoms with Gasteiger partial charge in [-0.15, -0.1) is 0 Å². The summed E-state index contributed by atoms with van der Waals surface area (Å²) in [7, 11) is 1.77. The molecule has 0 aliphatic carbocycles. The molecule has 1 aliphatic rings. The number of amides is 1. The van der Waals surface area contributed by atoms with Crippen LogP contribution in [0.15, 0.2) is 30.7 Å². The molecule has 0 atom stereocenters. The van der Waals surface area contributed by atoms with E-state index < -0.39 is 11.6 Å². The number of hydrogen-bond donors (Lipinski definition) is 1. The fourth-order valence-corrected chi connectivity index (χ4v) is 2.66. The number of aromatic hydroxyl groups is 1. The van der Waals surface area contributed by atoms with E-state index >= 15 is 0 Å². The third kappa shape index (κ3) is 3.19. The summed E-state index contributed by atoms with van der Waals surface area (Å²) < 4.78 is 19.8. The summed E-state index contributed by atoms with van der Waals surface area (Å²) in [5, 5.41) is 9.44. The molecule has 0 saturated carbocycles. The van der Waals surface area contributed by atoms with Gasteiger partial charge in [0.2, 0.25) is 0 Å². The van der Waals surface area contributed by atoms with Gasteiger partial charge in [-0.3, -0.25) is 4.57 Å². The summed E-state index contributed by atoms with van der Waals surface area (Å²) in [6, 6.07) is 3.93. The number of imidazole rings is 1. The molecule has 2 aromatic rings. The highest BCUT2D eigenvalue weighted by molar-refractivity contribution is 5.78. The van der Waals surface area contributed by atoms with Gasteiger partial charge in [0, 0.05) is 38.1 Å². The molecule has 1 aliphatic heterocycles. The van der Waals surface area contributed by atoms with Crippen LogP contribution in [0, 0.1) is 5.82 Å². The van der Waals surface area contributed by atoms with Crippen molar-refractivity contribution in [3.63, 3.8) is 0 Å². The number of rotatable bonds is 2. The lowest BCUT2D eigenvalue weighted by atomic mass is 10.1. The largest absolute Gasteiger partial charge is 0.505 e. The summed E-state index contributed by atoms with van der Waals surface area (Å²) in [4.78, 5) is 18.4. The molecule has 23 heavy (non-hydrogen) atoms. The van der Waals surface area contributed by atoms with E-state index in [0.717, 1.165) is 12.8 Å². The monoisotopic (exact) mass is 319 g/mol. The van der Waals surface area contributed by atoms with E-state index in [4.69, 9.17) is 4.74 Å². The lowest BCUT2D eigenvalue weighted by Gasteiger charge is -2.30. The predicted molar refractivity (Wildman–Crippen MR) is 81.7 cm³/mol. The van der Waals surface area contributed by atoms with Crippen LogP contribution in [0.1, 0.15) is 12.8 Å². The highest BCUT2D eigenvalue weighted by atomic mass is 19.1. The Morgan fingerprint density at radius 3 is 2.87 bits per heavy atom. The Morgan fingerprint density at radius 2 is 2.17 bits per heavy atom. The minimum Gasteiger partial charge on any atom is -0.505 e. The number of phenolic OH excluding ortho intramolecular Hbond substituents is 1. The summed E-state index contributed by atoms with van der Waals surface area (Å²) in [6.45, 7) is 1.32. The van der Waals surface area contributed by atoms with Crippen molar-refractivity contribution in [2.24, 2.45) is 0 Å². The minimum absolute atomic E-state index is 0.150. The lowest BCUT2D eigenvalue weighted by Crippen LogP contribution is -2.42. The standard InChI is InChI=1S/C16H18FN3O3/c1-19(12-4-6-23-7-5-12)16(22)20-9-14(18-10-20)11-2-3-13(17)15(21)8-11/h2-3,8-10,12,21H,4-7H2,1H3. The Balaban J connectivity index is 1.77. The molecule has 3 rings (SSSR count). The van der Waals surface area contributed by atoms with Gasteiger partial charge in [0.25, 0.3) is 0 Å². The zero-order valence-electron chi connectivity index (χ0n) is 12.8. The van der Waals surface area contributed by atoms with Crippen LogP contribution in [0.25, 0.3) is 11.3 Å². The normalized spacial score (nSPS) is 15.6. The van der Waals surface area contributed by atoms with Crippen LogP contribution in [-0.2, 0) is 4.74 Å². The molecule has 7 heteroatoms. The zero-order chi connectivity index (χ0) is 16.4. The Kier molecular flexibility index (Phi) is 4.29. The van der Waals surface area contributed by atoms with E-state index in [1.54, 1.807) is 18.1 Å². The smallest absolute Gasteiger partial charge is 0.329 e. The molecule has 1 amide bonds. The summed E-state index contributed by atoms with van der Waals surface area (Å²) in [5.74, 6) is -1.13. The number of benzene rings is 1. The quantitative estimate of drug-likeness (QED) is 0.923. The molecule has 1 aromatic carbocycles. The first-order valence-electron chi connectivity index (χ1n) is 7.44. The van der Waals surface area contributed by atoms with Crippen molar-refractivity contribution < 1.29 is 19.0 Å². The molecule has 1 fully saturated rings. The van der Waals surface area contributed by atoms with Crippen molar-refractivity contribution >= 4 is 6.03 Å². The lowest BCUT2D eigenvalue weighted by molar-refractivity contribution is 0.0528. The molecule has 1 N–H and O–H groups in total. The van der Waals surface area contributed by atoms with Gasteiger partial charge in [-0.25, -0.2) is 14.2 Å². The van der Waals surface area contributed by atoms with Gasteiger partial charge in [-0.2, -0.15) is 0 Å². The molecule has 1 saturated heterocycles. The van der Waals surface area contributed by atoms with Crippen LogP contribution in [0.3, 0.4) is 0 Å². The number of ether oxygens (including phenoxy) is 1. The summed E-state index contributed by atoms with van der Waals surface area (Å²) in [6.07, 6.45) is 4.63. The van der Waals surface area contributed by atoms with Gasteiger partial charge in [-0.05, 0) is 31.0 Å². The van der Waals surface area contributed by atoms with E-state index in [9.17, 15) is 14.3 Å². The van der Waals surface area contributed by atoms with E-state index in [-0.39, 0.29) is 12.1 Å². The second-order valence-corrected chi connectivity index (χ2v) is 5.57. The maximum atomic E-state index is 13.1. The van der Waals surface area contributed by atoms with Crippen molar-refractivity contribution in [3.05, 3.63) is 36.5 Å². The molecule has 0 radical (unpaired) electrons. The van der Waals surface area contributed by atoms with E-state index in [1.807, 2.05) is 0 Å². The number of carbonyl (C=O) groups excluding carboxylic acids is 1. The molecule has 0 bridgehead atoms. The molecule has 1 aromatic heterocycles. The SMILES string of the molecule is CN(C(=O)n1cnc(-c2ccc(F)c(O)c2)c1)C1CCOCC1. The summed E-state index contributed by atoms with van der Waals surface area (Å²) >= 11 is 0. The molecular formula is C16H18FN3O3. The maximum Gasteiger partial charge on any atom is 0.329 e. The van der Waals surface area contributed by atoms with Gasteiger partial charge in [0.05, 0.1) is 5.69 Å². The van der Waals surface area contributed by atoms with Crippen LogP contribution in [-0.4, -0.2) is 51.9 Å². The van der Waals surface area contributed by atoms with Crippen LogP contribution >= 0.6 is 0 Å². The van der Waals surface area contributed by atoms with Crippen molar-refractivity contribution in [1.82, 2.24) is 14.5 Å². The molecule has 6 nitrogen and oxygen atoms in total. The fraction of sp³-hybridized carbons (Fsp3) is 0.375. The molecule has 122 valence electrons. The zero-order valence-corrected chi connectivity index (χ0v) is 12.8. The first kappa shape index (κ1) is 15.5. The van der Waals surface area contributed by atoms with Gasteiger partial charge in [-0.1, -0.05) is 0 Å². The second kappa shape index (κ2) is 6.37. The number of hydrogen-bond acceptors (Lipinski definition) is 4. The average molecular weight is 319 g/mol. The molecule has 0 spiro atoms. The second-order valence-electron chi connectivity index (χ2n) is 5.57. The highest BCUT2D eigenvalue weighted by Gasteiger charge is 2.23. The third-order valence-electron chi connectivity index (χ3n) is 4.09. The number of nitrogens with zero attached hydrogens (tertiary/aromatic N) is 3. The number of phenols is 1. The first-order valence-corrected chi connectivity index (χ1v) is 7.44. The Hall–Kier alpha value is -2.41.